The molecule has 1 rings (SSSR count). The highest BCUT2D eigenvalue weighted by Gasteiger charge is 2.27. The molecule has 6 heteroatoms. The summed E-state index contributed by atoms with van der Waals surface area (Å²) >= 11 is 33.8. The predicted molar refractivity (Wildman–Crippen MR) is 56.2 cm³/mol. The van der Waals surface area contributed by atoms with Crippen LogP contribution in [0.5, 0.6) is 0 Å². The van der Waals surface area contributed by atoms with Gasteiger partial charge in [-0.3, -0.25) is 0 Å². The summed E-state index contributed by atoms with van der Waals surface area (Å²) in [4.78, 5) is 0. The van der Waals surface area contributed by atoms with Gasteiger partial charge >= 0.3 is 0 Å². The second-order valence-electron chi connectivity index (χ2n) is 1.89. The molecule has 66 valence electrons. The van der Waals surface area contributed by atoms with E-state index in [4.69, 9.17) is 69.6 Å². The van der Waals surface area contributed by atoms with Crippen molar-refractivity contribution in [2.75, 3.05) is 0 Å². The second-order valence-corrected chi connectivity index (χ2v) is 4.35. The van der Waals surface area contributed by atoms with E-state index in [-0.39, 0.29) is 30.2 Å². The van der Waals surface area contributed by atoms with Gasteiger partial charge in [0.05, 0.1) is 20.1 Å². The highest BCUT2D eigenvalue weighted by molar-refractivity contribution is 6.61. The van der Waals surface area contributed by atoms with Crippen molar-refractivity contribution in [3.05, 3.63) is 30.2 Å². The fourth-order valence-corrected chi connectivity index (χ4v) is 2.34. The van der Waals surface area contributed by atoms with Crippen molar-refractivity contribution in [3.8, 4) is 0 Å². The van der Waals surface area contributed by atoms with Gasteiger partial charge in [0.25, 0.3) is 0 Å². The van der Waals surface area contributed by atoms with Gasteiger partial charge in [-0.2, -0.15) is 0 Å². The van der Waals surface area contributed by atoms with Crippen LogP contribution in [0.3, 0.4) is 0 Å². The maximum absolute atomic E-state index is 5.72. The van der Waals surface area contributed by atoms with E-state index >= 15 is 0 Å². The number of rotatable bonds is 0. The van der Waals surface area contributed by atoms with E-state index in [0.29, 0.717) is 0 Å². The average molecular weight is 285 g/mol. The van der Waals surface area contributed by atoms with Gasteiger partial charge in [0.1, 0.15) is 4.49 Å². The fourth-order valence-electron chi connectivity index (χ4n) is 0.674. The molecule has 0 fully saturated rings. The number of hydrogen-bond acceptors (Lipinski definition) is 0. The third kappa shape index (κ3) is 1.75. The Balaban J connectivity index is 3.37. The first-order valence-electron chi connectivity index (χ1n) is 2.63. The van der Waals surface area contributed by atoms with Gasteiger partial charge in [-0.05, 0) is 0 Å². The van der Waals surface area contributed by atoms with E-state index < -0.39 is 0 Å². The molecule has 0 aliphatic heterocycles. The van der Waals surface area contributed by atoms with Gasteiger partial charge in [-0.15, -0.1) is 0 Å². The molecule has 0 N–H and O–H groups in total. The van der Waals surface area contributed by atoms with Crippen molar-refractivity contribution in [3.63, 3.8) is 0 Å². The molecule has 0 saturated heterocycles. The molecule has 1 aliphatic carbocycles. The lowest BCUT2D eigenvalue weighted by Crippen LogP contribution is -1.78. The summed E-state index contributed by atoms with van der Waals surface area (Å²) in [7, 11) is 0. The summed E-state index contributed by atoms with van der Waals surface area (Å²) in [5, 5.41) is 0.674. The highest BCUT2D eigenvalue weighted by Crippen LogP contribution is 2.47. The normalized spacial score (nSPS) is 18.0. The Kier molecular flexibility index (Phi) is 3.68. The Labute approximate surface area is 99.3 Å². The van der Waals surface area contributed by atoms with Crippen molar-refractivity contribution in [1.29, 1.82) is 0 Å². The Morgan fingerprint density at radius 2 is 1.00 bits per heavy atom. The molecule has 0 aromatic rings. The fraction of sp³-hybridized carbons (Fsp3) is 0. The Bertz CT molecular complexity index is 291. The standard InChI is InChI=1S/C6Cl6/c7-2-1(6(11)12)3(8)5(10)4(2)9. The molecule has 0 amide bonds. The van der Waals surface area contributed by atoms with Gasteiger partial charge in [0.15, 0.2) is 0 Å². The van der Waals surface area contributed by atoms with Crippen LogP contribution in [0.1, 0.15) is 0 Å². The second kappa shape index (κ2) is 4.00. The summed E-state index contributed by atoms with van der Waals surface area (Å²) in [5.74, 6) is 0. The maximum atomic E-state index is 5.72. The Morgan fingerprint density at radius 3 is 1.17 bits per heavy atom. The van der Waals surface area contributed by atoms with Gasteiger partial charge < -0.3 is 0 Å². The Hall–Kier alpha value is 0.960. The maximum Gasteiger partial charge on any atom is 0.117 e. The zero-order chi connectivity index (χ0) is 9.46. The molecule has 0 radical (unpaired) electrons. The molecule has 1 aliphatic rings. The minimum absolute atomic E-state index is 0.0567. The van der Waals surface area contributed by atoms with Crippen LogP contribution >= 0.6 is 69.6 Å². The van der Waals surface area contributed by atoms with Gasteiger partial charge in [0, 0.05) is 5.57 Å². The minimum Gasteiger partial charge on any atom is -0.0818 e. The quantitative estimate of drug-likeness (QED) is 0.583. The first-order valence-corrected chi connectivity index (χ1v) is 4.90. The van der Waals surface area contributed by atoms with Crippen molar-refractivity contribution in [2.45, 2.75) is 0 Å². The van der Waals surface area contributed by atoms with Crippen LogP contribution in [-0.4, -0.2) is 0 Å². The van der Waals surface area contributed by atoms with E-state index in [9.17, 15) is 0 Å². The van der Waals surface area contributed by atoms with Crippen molar-refractivity contribution in [2.24, 2.45) is 0 Å². The molecule has 0 unspecified atom stereocenters. The predicted octanol–water partition coefficient (Wildman–Crippen LogP) is 5.07. The van der Waals surface area contributed by atoms with Crippen LogP contribution in [0.4, 0.5) is 0 Å². The first kappa shape index (κ1) is 11.0. The number of hydrogen-bond donors (Lipinski definition) is 0. The molecular formula is C6Cl6. The summed E-state index contributed by atoms with van der Waals surface area (Å²) in [6, 6.07) is 0. The summed E-state index contributed by atoms with van der Waals surface area (Å²) in [6.07, 6.45) is 0. The molecule has 0 aromatic heterocycles. The number of allylic oxidation sites excluding steroid dienone is 5. The highest BCUT2D eigenvalue weighted by atomic mass is 35.5. The zero-order valence-corrected chi connectivity index (χ0v) is 9.80. The molecule has 12 heavy (non-hydrogen) atoms. The smallest absolute Gasteiger partial charge is 0.0818 e. The Morgan fingerprint density at radius 1 is 0.667 bits per heavy atom. The van der Waals surface area contributed by atoms with Crippen LogP contribution in [0.2, 0.25) is 0 Å². The third-order valence-electron chi connectivity index (χ3n) is 1.21. The molecule has 0 nitrogen and oxygen atoms in total. The SMILES string of the molecule is ClC(Cl)=C1C(Cl)=C(Cl)C(Cl)=C1Cl. The van der Waals surface area contributed by atoms with Gasteiger partial charge in [0.2, 0.25) is 0 Å². The van der Waals surface area contributed by atoms with E-state index in [2.05, 4.69) is 0 Å². The van der Waals surface area contributed by atoms with Gasteiger partial charge in [-0.25, -0.2) is 0 Å². The van der Waals surface area contributed by atoms with Gasteiger partial charge in [-0.1, -0.05) is 69.6 Å². The first-order chi connectivity index (χ1) is 5.46. The molecular weight excluding hydrogens is 285 g/mol. The van der Waals surface area contributed by atoms with Crippen LogP contribution < -0.4 is 0 Å². The minimum atomic E-state index is -0.0567. The zero-order valence-electron chi connectivity index (χ0n) is 5.27. The van der Waals surface area contributed by atoms with E-state index in [1.165, 1.54) is 0 Å². The molecule has 0 saturated carbocycles. The molecule has 0 heterocycles. The summed E-state index contributed by atoms with van der Waals surface area (Å²) in [5.41, 5.74) is 0.275. The third-order valence-corrected chi connectivity index (χ3v) is 3.39. The lowest BCUT2D eigenvalue weighted by Gasteiger charge is -1.97. The largest absolute Gasteiger partial charge is 0.117 e. The summed E-state index contributed by atoms with van der Waals surface area (Å²) in [6.45, 7) is 0. The summed E-state index contributed by atoms with van der Waals surface area (Å²) < 4.78 is -0.0567. The number of halogens is 6. The van der Waals surface area contributed by atoms with Crippen LogP contribution in [0, 0.1) is 0 Å². The topological polar surface area (TPSA) is 0 Å². The molecule has 0 spiro atoms. The van der Waals surface area contributed by atoms with Crippen LogP contribution in [-0.2, 0) is 0 Å². The van der Waals surface area contributed by atoms with Crippen molar-refractivity contribution in [1.82, 2.24) is 0 Å². The lowest BCUT2D eigenvalue weighted by molar-refractivity contribution is 1.70. The van der Waals surface area contributed by atoms with E-state index in [1.54, 1.807) is 0 Å². The van der Waals surface area contributed by atoms with Crippen molar-refractivity contribution >= 4 is 69.6 Å². The van der Waals surface area contributed by atoms with E-state index in [0.717, 1.165) is 0 Å². The van der Waals surface area contributed by atoms with E-state index in [1.807, 2.05) is 0 Å². The monoisotopic (exact) mass is 282 g/mol. The van der Waals surface area contributed by atoms with Crippen LogP contribution in [0.25, 0.3) is 0 Å². The van der Waals surface area contributed by atoms with Crippen LogP contribution in [0.15, 0.2) is 30.2 Å². The lowest BCUT2D eigenvalue weighted by atomic mass is 10.3. The molecule has 0 bridgehead atoms. The molecule has 0 aromatic carbocycles. The average Bonchev–Trinajstić information content (AvgIpc) is 2.16. The molecule has 0 atom stereocenters. The van der Waals surface area contributed by atoms with Crippen molar-refractivity contribution < 1.29 is 0 Å².